The van der Waals surface area contributed by atoms with Crippen molar-refractivity contribution in [2.75, 3.05) is 7.11 Å². The quantitative estimate of drug-likeness (QED) is 0.0876. The number of hydrogen-bond acceptors (Lipinski definition) is 1. The molecule has 0 saturated carbocycles. The number of aryl methyl sites for hydroxylation is 5. The highest BCUT2D eigenvalue weighted by molar-refractivity contribution is 5.56. The maximum Gasteiger partial charge on any atom is 0.118 e. The molecule has 0 amide bonds. The van der Waals surface area contributed by atoms with Crippen LogP contribution in [0.5, 0.6) is 5.75 Å². The Balaban J connectivity index is 0.000000133. The Morgan fingerprint density at radius 1 is 0.140 bits per heavy atom. The summed E-state index contributed by atoms with van der Waals surface area (Å²) < 4.78 is 5.31. The molecule has 0 fully saturated rings. The summed E-state index contributed by atoms with van der Waals surface area (Å²) in [5.41, 5.74) is 25.4. The summed E-state index contributed by atoms with van der Waals surface area (Å²) in [4.78, 5) is 0. The van der Waals surface area contributed by atoms with Gasteiger partial charge in [-0.05, 0) is 165 Å². The van der Waals surface area contributed by atoms with Crippen molar-refractivity contribution in [2.24, 2.45) is 0 Å². The highest BCUT2D eigenvalue weighted by Gasteiger charge is 2.35. The molecule has 0 aliphatic heterocycles. The van der Waals surface area contributed by atoms with E-state index in [0.717, 1.165) is 5.75 Å². The van der Waals surface area contributed by atoms with E-state index < -0.39 is 0 Å². The first-order chi connectivity index (χ1) is 52.0. The Labute approximate surface area is 639 Å². The first-order valence-corrected chi connectivity index (χ1v) is 37.5. The van der Waals surface area contributed by atoms with Crippen molar-refractivity contribution in [2.45, 2.75) is 96.3 Å². The number of benzene rings is 15. The van der Waals surface area contributed by atoms with Crippen LogP contribution in [0.4, 0.5) is 0 Å². The van der Waals surface area contributed by atoms with E-state index in [4.69, 9.17) is 4.74 Å². The standard InChI is InChI=1S/C23H24.C22H22O.C21H20.2C20H18/c1-17-5-11-20(12-6-17)23(4,21-13-7-18(2)8-14-21)22-15-9-19(3)10-16-22;1-17-9-11-19(12-10-17)22(2,18-7-5-4-6-8-18)20-13-15-21(23-3)16-14-20;1-17-13-15-20(16-14-17)21(2,18-9-5-3-6-10-18)19-11-7-4-8-12-19;2*1-20(17-11-5-2-6-12-17,18-13-7-3-8-14-18)19-15-9-4-10-16-19/h5-16H,1-4H3;4-16H,1-3H3;3-16H,1-2H3;2*2-16H,1H3. The lowest BCUT2D eigenvalue weighted by molar-refractivity contribution is 0.414. The third kappa shape index (κ3) is 17.7. The molecule has 15 rings (SSSR count). The van der Waals surface area contributed by atoms with Crippen LogP contribution in [-0.4, -0.2) is 7.11 Å². The maximum atomic E-state index is 5.31. The highest BCUT2D eigenvalue weighted by atomic mass is 16.5. The Kier molecular flexibility index (Phi) is 25.5. The SMILES string of the molecule is CC(c1ccccc1)(c1ccccc1)c1ccccc1.CC(c1ccccc1)(c1ccccc1)c1ccccc1.COc1ccc(C(C)(c2ccccc2)c2ccc(C)cc2)cc1.Cc1ccc(C(C)(c2ccc(C)cc2)c2ccc(C)cc2)cc1.Cc1ccc(C(C)(c2ccccc2)c2ccccc2)cc1. The summed E-state index contributed by atoms with van der Waals surface area (Å²) in [6.45, 7) is 22.2. The van der Waals surface area contributed by atoms with Gasteiger partial charge in [0.25, 0.3) is 0 Å². The Morgan fingerprint density at radius 3 is 0.355 bits per heavy atom. The molecule has 0 spiro atoms. The van der Waals surface area contributed by atoms with Crippen LogP contribution in [0.3, 0.4) is 0 Å². The summed E-state index contributed by atoms with van der Waals surface area (Å²) in [6.07, 6.45) is 0. The van der Waals surface area contributed by atoms with Crippen LogP contribution >= 0.6 is 0 Å². The molecule has 1 atom stereocenters. The first-order valence-electron chi connectivity index (χ1n) is 37.5. The summed E-state index contributed by atoms with van der Waals surface area (Å²) >= 11 is 0. The molecule has 0 heterocycles. The molecular formula is C106H102O. The molecule has 0 saturated heterocycles. The molecule has 1 nitrogen and oxygen atoms in total. The monoisotopic (exact) mass is 1390 g/mol. The average Bonchev–Trinajstić information content (AvgIpc) is 0.796. The summed E-state index contributed by atoms with van der Waals surface area (Å²) in [5, 5.41) is 0. The van der Waals surface area contributed by atoms with E-state index in [1.54, 1.807) is 7.11 Å². The van der Waals surface area contributed by atoms with Crippen molar-refractivity contribution in [3.63, 3.8) is 0 Å². The molecule has 0 aliphatic rings. The van der Waals surface area contributed by atoms with E-state index >= 15 is 0 Å². The van der Waals surface area contributed by atoms with Crippen LogP contribution in [0.1, 0.15) is 146 Å². The molecular weight excluding hydrogens is 1290 g/mol. The van der Waals surface area contributed by atoms with E-state index in [1.165, 1.54) is 111 Å². The molecule has 0 N–H and O–H groups in total. The third-order valence-electron chi connectivity index (χ3n) is 22.0. The fraction of sp³-hybridized carbons (Fsp3) is 0.151. The van der Waals surface area contributed by atoms with Crippen LogP contribution < -0.4 is 4.74 Å². The number of methoxy groups -OCH3 is 1. The lowest BCUT2D eigenvalue weighted by atomic mass is 9.71. The lowest BCUT2D eigenvalue weighted by Gasteiger charge is -2.32. The van der Waals surface area contributed by atoms with Gasteiger partial charge in [-0.1, -0.05) is 434 Å². The zero-order valence-corrected chi connectivity index (χ0v) is 64.2. The lowest BCUT2D eigenvalue weighted by Crippen LogP contribution is -2.25. The first kappa shape index (κ1) is 76.2. The van der Waals surface area contributed by atoms with Gasteiger partial charge in [-0.25, -0.2) is 0 Å². The predicted octanol–water partition coefficient (Wildman–Crippen LogP) is 26.8. The van der Waals surface area contributed by atoms with E-state index in [-0.39, 0.29) is 27.1 Å². The van der Waals surface area contributed by atoms with Crippen LogP contribution in [0.2, 0.25) is 0 Å². The highest BCUT2D eigenvalue weighted by Crippen LogP contribution is 2.44. The topological polar surface area (TPSA) is 9.23 Å². The van der Waals surface area contributed by atoms with Gasteiger partial charge in [0.05, 0.1) is 7.11 Å². The second-order valence-corrected chi connectivity index (χ2v) is 29.0. The molecule has 1 heteroatoms. The normalized spacial score (nSPS) is 11.8. The van der Waals surface area contributed by atoms with E-state index in [0.29, 0.717) is 0 Å². The second kappa shape index (κ2) is 35.7. The summed E-state index contributed by atoms with van der Waals surface area (Å²) in [5.74, 6) is 0.882. The van der Waals surface area contributed by atoms with Gasteiger partial charge in [0.15, 0.2) is 0 Å². The van der Waals surface area contributed by atoms with Gasteiger partial charge in [-0.2, -0.15) is 0 Å². The molecule has 532 valence electrons. The van der Waals surface area contributed by atoms with Gasteiger partial charge in [0, 0.05) is 27.1 Å². The number of hydrogen-bond donors (Lipinski definition) is 0. The van der Waals surface area contributed by atoms with Gasteiger partial charge in [-0.15, -0.1) is 0 Å². The van der Waals surface area contributed by atoms with Gasteiger partial charge in [0.2, 0.25) is 0 Å². The second-order valence-electron chi connectivity index (χ2n) is 29.0. The summed E-state index contributed by atoms with van der Waals surface area (Å²) in [7, 11) is 1.70. The molecule has 15 aromatic rings. The van der Waals surface area contributed by atoms with Gasteiger partial charge in [-0.3, -0.25) is 0 Å². The van der Waals surface area contributed by atoms with E-state index in [1.807, 2.05) is 12.1 Å². The fourth-order valence-corrected chi connectivity index (χ4v) is 14.8. The van der Waals surface area contributed by atoms with Crippen molar-refractivity contribution in [1.29, 1.82) is 0 Å². The predicted molar refractivity (Wildman–Crippen MR) is 455 cm³/mol. The van der Waals surface area contributed by atoms with Crippen LogP contribution in [0.15, 0.2) is 419 Å². The molecule has 15 aromatic carbocycles. The van der Waals surface area contributed by atoms with Gasteiger partial charge in [0.1, 0.15) is 5.75 Å². The van der Waals surface area contributed by atoms with Crippen LogP contribution in [0.25, 0.3) is 0 Å². The smallest absolute Gasteiger partial charge is 0.118 e. The summed E-state index contributed by atoms with van der Waals surface area (Å²) in [6, 6.07) is 149. The van der Waals surface area contributed by atoms with Gasteiger partial charge < -0.3 is 4.74 Å². The van der Waals surface area contributed by atoms with E-state index in [9.17, 15) is 0 Å². The molecule has 0 bridgehead atoms. The van der Waals surface area contributed by atoms with Crippen molar-refractivity contribution in [3.8, 4) is 5.75 Å². The van der Waals surface area contributed by atoms with E-state index in [2.05, 4.69) is 476 Å². The molecule has 1 unspecified atom stereocenters. The zero-order chi connectivity index (χ0) is 75.1. The maximum absolute atomic E-state index is 5.31. The molecule has 0 radical (unpaired) electrons. The molecule has 0 aliphatic carbocycles. The Morgan fingerprint density at radius 2 is 0.243 bits per heavy atom. The fourth-order valence-electron chi connectivity index (χ4n) is 14.8. The van der Waals surface area contributed by atoms with Crippen molar-refractivity contribution < 1.29 is 4.74 Å². The largest absolute Gasteiger partial charge is 0.497 e. The average molecular weight is 1390 g/mol. The Bertz CT molecular complexity index is 4600. The number of ether oxygens (including phenoxy) is 1. The molecule has 107 heavy (non-hydrogen) atoms. The molecule has 0 aromatic heterocycles. The van der Waals surface area contributed by atoms with Crippen molar-refractivity contribution >= 4 is 0 Å². The minimum atomic E-state index is -0.193. The van der Waals surface area contributed by atoms with Crippen molar-refractivity contribution in [3.05, 3.63) is 530 Å². The Hall–Kier alpha value is -11.9. The number of rotatable bonds is 16. The van der Waals surface area contributed by atoms with Crippen molar-refractivity contribution in [1.82, 2.24) is 0 Å². The third-order valence-corrected chi connectivity index (χ3v) is 22.0. The minimum absolute atomic E-state index is 0.121. The van der Waals surface area contributed by atoms with Crippen LogP contribution in [-0.2, 0) is 27.1 Å². The minimum Gasteiger partial charge on any atom is -0.497 e. The zero-order valence-electron chi connectivity index (χ0n) is 64.2. The van der Waals surface area contributed by atoms with Crippen LogP contribution in [0, 0.1) is 34.6 Å². The van der Waals surface area contributed by atoms with Gasteiger partial charge >= 0.3 is 0 Å².